The van der Waals surface area contributed by atoms with Crippen molar-refractivity contribution in [3.63, 3.8) is 0 Å². The van der Waals surface area contributed by atoms with Crippen LogP contribution in [0.3, 0.4) is 0 Å². The number of hydrogen-bond acceptors (Lipinski definition) is 5. The smallest absolute Gasteiger partial charge is 0.309 e. The van der Waals surface area contributed by atoms with Gasteiger partial charge in [-0.3, -0.25) is 14.6 Å². The predicted octanol–water partition coefficient (Wildman–Crippen LogP) is 4.51. The van der Waals surface area contributed by atoms with Gasteiger partial charge in [-0.25, -0.2) is 0 Å². The molecule has 1 aromatic heterocycles. The molecule has 0 spiro atoms. The summed E-state index contributed by atoms with van der Waals surface area (Å²) in [7, 11) is 0. The molecule has 0 bridgehead atoms. The zero-order valence-corrected chi connectivity index (χ0v) is 16.8. The van der Waals surface area contributed by atoms with E-state index < -0.39 is 0 Å². The van der Waals surface area contributed by atoms with Crippen molar-refractivity contribution in [2.45, 2.75) is 40.7 Å². The number of ether oxygens (including phenoxy) is 2. The Kier molecular flexibility index (Phi) is 7.20. The van der Waals surface area contributed by atoms with E-state index in [9.17, 15) is 9.59 Å². The van der Waals surface area contributed by atoms with Crippen LogP contribution < -0.4 is 0 Å². The Morgan fingerprint density at radius 3 is 2.78 bits per heavy atom. The maximum absolute atomic E-state index is 12.2. The van der Waals surface area contributed by atoms with E-state index in [1.807, 2.05) is 25.1 Å². The Labute approximate surface area is 169 Å². The number of esters is 2. The number of rotatable bonds is 4. The van der Waals surface area contributed by atoms with Gasteiger partial charge >= 0.3 is 11.9 Å². The first kappa shape index (κ1) is 21.6. The topological polar surface area (TPSA) is 65.5 Å². The van der Waals surface area contributed by atoms with Gasteiger partial charge in [0.15, 0.2) is 0 Å². The average Bonchev–Trinajstić information content (AvgIpc) is 2.86. The zero-order valence-electron chi connectivity index (χ0n) is 15.2. The van der Waals surface area contributed by atoms with Crippen LogP contribution in [0.25, 0.3) is 6.08 Å². The number of carbonyl (C=O) groups excluding carboxylic acids is 2. The lowest BCUT2D eigenvalue weighted by atomic mass is 9.62. The maximum atomic E-state index is 12.2. The number of aromatic nitrogens is 1. The molecule has 3 rings (SSSR count). The third-order valence-electron chi connectivity index (χ3n) is 5.63. The fourth-order valence-electron chi connectivity index (χ4n) is 4.36. The molecular weight excluding hydrogens is 410 g/mol. The molecule has 6 heteroatoms. The lowest BCUT2D eigenvalue weighted by molar-refractivity contribution is -0.146. The highest BCUT2D eigenvalue weighted by atomic mass is 79.9. The summed E-state index contributed by atoms with van der Waals surface area (Å²) in [5.41, 5.74) is 0.854. The molecule has 1 saturated heterocycles. The number of cyclic esters (lactones) is 1. The van der Waals surface area contributed by atoms with Crippen LogP contribution in [-0.2, 0) is 19.1 Å². The Morgan fingerprint density at radius 2 is 2.15 bits per heavy atom. The van der Waals surface area contributed by atoms with E-state index in [2.05, 4.69) is 33.9 Å². The van der Waals surface area contributed by atoms with Crippen LogP contribution in [0.5, 0.6) is 0 Å². The fourth-order valence-corrected chi connectivity index (χ4v) is 4.60. The minimum absolute atomic E-state index is 0. The van der Waals surface area contributed by atoms with Gasteiger partial charge in [-0.15, -0.1) is 0 Å². The van der Waals surface area contributed by atoms with E-state index in [4.69, 9.17) is 9.47 Å². The van der Waals surface area contributed by atoms with Crippen LogP contribution in [0.4, 0.5) is 0 Å². The van der Waals surface area contributed by atoms with Gasteiger partial charge in [0.2, 0.25) is 0 Å². The summed E-state index contributed by atoms with van der Waals surface area (Å²) in [5, 5.41) is 0. The van der Waals surface area contributed by atoms with E-state index in [0.29, 0.717) is 6.61 Å². The summed E-state index contributed by atoms with van der Waals surface area (Å²) >= 11 is 3.39. The fraction of sp³-hybridized carbons (Fsp3) is 0.571. The minimum Gasteiger partial charge on any atom is -0.466 e. The molecule has 2 fully saturated rings. The number of halogens is 1. The van der Waals surface area contributed by atoms with Crippen molar-refractivity contribution in [3.05, 3.63) is 34.6 Å². The molecular formula is C21H28BrNO4. The molecule has 148 valence electrons. The second-order valence-electron chi connectivity index (χ2n) is 7.34. The van der Waals surface area contributed by atoms with Crippen molar-refractivity contribution < 1.29 is 19.1 Å². The quantitative estimate of drug-likeness (QED) is 0.648. The zero-order chi connectivity index (χ0) is 18.8. The number of allylic oxidation sites excluding steroid dienone is 1. The first-order valence-electron chi connectivity index (χ1n) is 9.00. The third-order valence-corrected chi connectivity index (χ3v) is 6.09. The standard InChI is InChI=1S/C20H24BrNO4.CH4/c1-11-8-17-19(12(2)26-20(17)24)16(18(11)10-25-13(3)23)7-6-15-5-4-14(21)9-22-15;/h4-7,9,11-12,16-19H,8,10H2,1-3H3;1H4/b7-6+;. The molecule has 5 nitrogen and oxygen atoms in total. The molecule has 6 atom stereocenters. The van der Waals surface area contributed by atoms with Crippen LogP contribution in [0.1, 0.15) is 40.3 Å². The number of fused-ring (bicyclic) bond motifs is 1. The van der Waals surface area contributed by atoms with Gasteiger partial charge in [0.25, 0.3) is 0 Å². The first-order chi connectivity index (χ1) is 12.4. The molecule has 1 aliphatic carbocycles. The number of pyridine rings is 1. The van der Waals surface area contributed by atoms with Crippen LogP contribution in [0.2, 0.25) is 0 Å². The van der Waals surface area contributed by atoms with Gasteiger partial charge in [-0.1, -0.05) is 20.4 Å². The molecule has 1 aliphatic heterocycles. The predicted molar refractivity (Wildman–Crippen MR) is 108 cm³/mol. The molecule has 1 aromatic rings. The summed E-state index contributed by atoms with van der Waals surface area (Å²) in [6.45, 7) is 5.88. The lowest BCUT2D eigenvalue weighted by Crippen LogP contribution is -2.42. The van der Waals surface area contributed by atoms with Crippen molar-refractivity contribution in [2.24, 2.45) is 29.6 Å². The van der Waals surface area contributed by atoms with Gasteiger partial charge in [0.05, 0.1) is 18.2 Å². The van der Waals surface area contributed by atoms with Crippen molar-refractivity contribution in [2.75, 3.05) is 6.61 Å². The van der Waals surface area contributed by atoms with E-state index in [-0.39, 0.29) is 55.1 Å². The summed E-state index contributed by atoms with van der Waals surface area (Å²) in [5.74, 6) is 0.163. The number of nitrogens with zero attached hydrogens (tertiary/aromatic N) is 1. The minimum atomic E-state index is -0.275. The molecule has 2 heterocycles. The summed E-state index contributed by atoms with van der Waals surface area (Å²) in [6, 6.07) is 3.88. The van der Waals surface area contributed by atoms with E-state index in [1.165, 1.54) is 6.92 Å². The van der Waals surface area contributed by atoms with Crippen molar-refractivity contribution in [1.82, 2.24) is 4.98 Å². The molecule has 6 unspecified atom stereocenters. The van der Waals surface area contributed by atoms with Gasteiger partial charge in [0.1, 0.15) is 6.10 Å². The van der Waals surface area contributed by atoms with Gasteiger partial charge in [-0.05, 0) is 59.3 Å². The van der Waals surface area contributed by atoms with Gasteiger partial charge in [0, 0.05) is 29.4 Å². The molecule has 0 amide bonds. The Balaban J connectivity index is 0.00000261. The summed E-state index contributed by atoms with van der Waals surface area (Å²) in [6.07, 6.45) is 6.51. The Morgan fingerprint density at radius 1 is 1.41 bits per heavy atom. The Hall–Kier alpha value is -1.69. The monoisotopic (exact) mass is 437 g/mol. The molecule has 0 radical (unpaired) electrons. The maximum Gasteiger partial charge on any atom is 0.309 e. The van der Waals surface area contributed by atoms with Crippen LogP contribution in [0, 0.1) is 29.6 Å². The van der Waals surface area contributed by atoms with Gasteiger partial charge in [-0.2, -0.15) is 0 Å². The molecule has 1 saturated carbocycles. The molecule has 2 aliphatic rings. The van der Waals surface area contributed by atoms with Gasteiger partial charge < -0.3 is 9.47 Å². The normalized spacial score (nSPS) is 32.5. The van der Waals surface area contributed by atoms with E-state index >= 15 is 0 Å². The molecule has 0 aromatic carbocycles. The summed E-state index contributed by atoms with van der Waals surface area (Å²) < 4.78 is 11.8. The highest BCUT2D eigenvalue weighted by Gasteiger charge is 2.52. The highest BCUT2D eigenvalue weighted by molar-refractivity contribution is 9.10. The van der Waals surface area contributed by atoms with Crippen LogP contribution >= 0.6 is 15.9 Å². The van der Waals surface area contributed by atoms with Crippen molar-refractivity contribution >= 4 is 33.9 Å². The highest BCUT2D eigenvalue weighted by Crippen LogP contribution is 2.49. The van der Waals surface area contributed by atoms with Crippen LogP contribution in [0.15, 0.2) is 28.9 Å². The Bertz CT molecular complexity index is 703. The largest absolute Gasteiger partial charge is 0.466 e. The van der Waals surface area contributed by atoms with Crippen molar-refractivity contribution in [3.8, 4) is 0 Å². The second-order valence-corrected chi connectivity index (χ2v) is 8.26. The number of hydrogen-bond donors (Lipinski definition) is 0. The average molecular weight is 438 g/mol. The lowest BCUT2D eigenvalue weighted by Gasteiger charge is -2.41. The molecule has 0 N–H and O–H groups in total. The third kappa shape index (κ3) is 4.78. The second kappa shape index (κ2) is 9.00. The van der Waals surface area contributed by atoms with Crippen LogP contribution in [-0.4, -0.2) is 29.6 Å². The van der Waals surface area contributed by atoms with Crippen molar-refractivity contribution in [1.29, 1.82) is 0 Å². The number of carbonyl (C=O) groups is 2. The van der Waals surface area contributed by atoms with E-state index in [0.717, 1.165) is 16.6 Å². The molecule has 27 heavy (non-hydrogen) atoms. The SMILES string of the molecule is C.CC(=O)OCC1C(C)CC2C(=O)OC(C)C2C1/C=C/c1ccc(Br)cn1. The first-order valence-corrected chi connectivity index (χ1v) is 9.79. The van der Waals surface area contributed by atoms with E-state index in [1.54, 1.807) is 6.20 Å². The summed E-state index contributed by atoms with van der Waals surface area (Å²) in [4.78, 5) is 28.0.